The van der Waals surface area contributed by atoms with E-state index in [-0.39, 0.29) is 6.42 Å². The lowest BCUT2D eigenvalue weighted by atomic mass is 10.00. The number of carbonyl (C=O) groups is 2. The molecule has 0 spiro atoms. The first-order chi connectivity index (χ1) is 15.5. The Morgan fingerprint density at radius 2 is 1.38 bits per heavy atom. The van der Waals surface area contributed by atoms with Gasteiger partial charge in [0.05, 0.1) is 18.0 Å². The molecular formula is C25H32N2O5. The van der Waals surface area contributed by atoms with Gasteiger partial charge in [-0.15, -0.1) is 0 Å². The van der Waals surface area contributed by atoms with E-state index in [9.17, 15) is 9.59 Å². The van der Waals surface area contributed by atoms with Gasteiger partial charge < -0.3 is 14.9 Å². The van der Waals surface area contributed by atoms with Crippen molar-refractivity contribution in [1.82, 2.24) is 0 Å². The molecule has 2 aromatic rings. The fraction of sp³-hybridized carbons (Fsp3) is 0.440. The van der Waals surface area contributed by atoms with Crippen molar-refractivity contribution < 1.29 is 24.5 Å². The van der Waals surface area contributed by atoms with Gasteiger partial charge in [0.15, 0.2) is 5.92 Å². The quantitative estimate of drug-likeness (QED) is 0.185. The van der Waals surface area contributed by atoms with Gasteiger partial charge >= 0.3 is 11.9 Å². The van der Waals surface area contributed by atoms with Crippen LogP contribution < -0.4 is 4.74 Å². The van der Waals surface area contributed by atoms with E-state index in [1.54, 1.807) is 0 Å². The zero-order chi connectivity index (χ0) is 23.2. The van der Waals surface area contributed by atoms with Crippen LogP contribution >= 0.6 is 0 Å². The van der Waals surface area contributed by atoms with Crippen molar-refractivity contribution >= 4 is 23.3 Å². The molecule has 0 amide bonds. The summed E-state index contributed by atoms with van der Waals surface area (Å²) in [5, 5.41) is 26.3. The van der Waals surface area contributed by atoms with Gasteiger partial charge in [0.2, 0.25) is 0 Å². The Morgan fingerprint density at radius 3 is 1.94 bits per heavy atom. The van der Waals surface area contributed by atoms with Crippen molar-refractivity contribution in [3.05, 3.63) is 54.1 Å². The second-order valence-corrected chi connectivity index (χ2v) is 7.74. The van der Waals surface area contributed by atoms with Crippen molar-refractivity contribution in [2.45, 2.75) is 58.3 Å². The molecule has 0 fully saturated rings. The average molecular weight is 441 g/mol. The van der Waals surface area contributed by atoms with E-state index in [0.29, 0.717) is 6.42 Å². The molecule has 0 atom stereocenters. The highest BCUT2D eigenvalue weighted by atomic mass is 16.5. The number of hydrogen-bond donors (Lipinski definition) is 2. The summed E-state index contributed by atoms with van der Waals surface area (Å²) >= 11 is 0. The summed E-state index contributed by atoms with van der Waals surface area (Å²) in [6, 6.07) is 15.5. The number of aliphatic carboxylic acids is 2. The number of rotatable bonds is 15. The number of carboxylic acids is 2. The summed E-state index contributed by atoms with van der Waals surface area (Å²) in [6.07, 6.45) is 6.58. The van der Waals surface area contributed by atoms with Crippen molar-refractivity contribution in [2.75, 3.05) is 6.61 Å². The molecule has 2 N–H and O–H groups in total. The van der Waals surface area contributed by atoms with Gasteiger partial charge in [-0.25, -0.2) is 0 Å². The van der Waals surface area contributed by atoms with Crippen LogP contribution in [0.1, 0.15) is 57.4 Å². The van der Waals surface area contributed by atoms with Crippen molar-refractivity contribution in [3.8, 4) is 5.75 Å². The molecule has 0 aliphatic rings. The Kier molecular flexibility index (Phi) is 10.9. The number of benzene rings is 2. The Morgan fingerprint density at radius 1 is 0.812 bits per heavy atom. The Bertz CT molecular complexity index is 849. The number of carboxylic acid groups (broad SMARTS) is 2. The molecule has 0 aromatic heterocycles. The topological polar surface area (TPSA) is 109 Å². The highest BCUT2D eigenvalue weighted by Crippen LogP contribution is 2.22. The first-order valence-corrected chi connectivity index (χ1v) is 11.2. The van der Waals surface area contributed by atoms with Crippen molar-refractivity contribution in [2.24, 2.45) is 16.1 Å². The molecule has 172 valence electrons. The Balaban J connectivity index is 1.69. The van der Waals surface area contributed by atoms with E-state index in [1.807, 2.05) is 48.5 Å². The van der Waals surface area contributed by atoms with Gasteiger partial charge in [-0.05, 0) is 67.6 Å². The molecular weight excluding hydrogens is 408 g/mol. The molecule has 0 radical (unpaired) electrons. The number of azo groups is 1. The summed E-state index contributed by atoms with van der Waals surface area (Å²) in [4.78, 5) is 21.7. The maximum absolute atomic E-state index is 10.9. The van der Waals surface area contributed by atoms with Crippen LogP contribution in [-0.2, 0) is 16.0 Å². The number of unbranched alkanes of at least 4 members (excludes halogenated alkanes) is 4. The molecule has 7 nitrogen and oxygen atoms in total. The normalized spacial score (nSPS) is 11.2. The van der Waals surface area contributed by atoms with Crippen LogP contribution in [0.3, 0.4) is 0 Å². The molecule has 2 aromatic carbocycles. The zero-order valence-electron chi connectivity index (χ0n) is 18.6. The third kappa shape index (κ3) is 9.29. The third-order valence-corrected chi connectivity index (χ3v) is 5.13. The van der Waals surface area contributed by atoms with E-state index in [1.165, 1.54) is 5.56 Å². The van der Waals surface area contributed by atoms with Crippen LogP contribution in [0.5, 0.6) is 5.75 Å². The molecule has 0 saturated heterocycles. The van der Waals surface area contributed by atoms with Gasteiger partial charge in [0.25, 0.3) is 0 Å². The molecule has 0 aliphatic carbocycles. The molecule has 32 heavy (non-hydrogen) atoms. The standard InChI is InChI=1S/C25H32N2O5/c1-2-3-18-32-22-16-14-21(15-17-22)27-26-20-12-10-19(11-13-20)8-6-4-5-7-9-23(24(28)29)25(30)31/h10-17,23H,2-9,18H2,1H3,(H,28,29)(H,30,31). The lowest BCUT2D eigenvalue weighted by Gasteiger charge is -2.07. The highest BCUT2D eigenvalue weighted by Gasteiger charge is 2.24. The van der Waals surface area contributed by atoms with Crippen LogP contribution in [0.2, 0.25) is 0 Å². The van der Waals surface area contributed by atoms with Gasteiger partial charge in [-0.2, -0.15) is 10.2 Å². The van der Waals surface area contributed by atoms with Crippen molar-refractivity contribution in [3.63, 3.8) is 0 Å². The van der Waals surface area contributed by atoms with Gasteiger partial charge in [-0.3, -0.25) is 9.59 Å². The molecule has 0 bridgehead atoms. The van der Waals surface area contributed by atoms with Crippen LogP contribution in [-0.4, -0.2) is 28.8 Å². The molecule has 0 aliphatic heterocycles. The molecule has 0 unspecified atom stereocenters. The van der Waals surface area contributed by atoms with Gasteiger partial charge in [0, 0.05) is 0 Å². The summed E-state index contributed by atoms with van der Waals surface area (Å²) in [6.45, 7) is 2.85. The second kappa shape index (κ2) is 14.0. The molecule has 7 heteroatoms. The van der Waals surface area contributed by atoms with E-state index in [0.717, 1.165) is 62.3 Å². The number of hydrogen-bond acceptors (Lipinski definition) is 5. The number of ether oxygens (including phenoxy) is 1. The van der Waals surface area contributed by atoms with E-state index < -0.39 is 17.9 Å². The second-order valence-electron chi connectivity index (χ2n) is 7.74. The summed E-state index contributed by atoms with van der Waals surface area (Å²) in [7, 11) is 0. The summed E-state index contributed by atoms with van der Waals surface area (Å²) < 4.78 is 5.64. The predicted octanol–water partition coefficient (Wildman–Crippen LogP) is 6.56. The van der Waals surface area contributed by atoms with E-state index >= 15 is 0 Å². The fourth-order valence-electron chi connectivity index (χ4n) is 3.17. The lowest BCUT2D eigenvalue weighted by molar-refractivity contribution is -0.154. The van der Waals surface area contributed by atoms with Gasteiger partial charge in [0.1, 0.15) is 5.75 Å². The largest absolute Gasteiger partial charge is 0.494 e. The Labute approximate surface area is 189 Å². The monoisotopic (exact) mass is 440 g/mol. The fourth-order valence-corrected chi connectivity index (χ4v) is 3.17. The minimum Gasteiger partial charge on any atom is -0.494 e. The maximum Gasteiger partial charge on any atom is 0.317 e. The molecule has 0 saturated carbocycles. The molecule has 2 rings (SSSR count). The van der Waals surface area contributed by atoms with Crippen LogP contribution in [0.25, 0.3) is 0 Å². The van der Waals surface area contributed by atoms with E-state index in [2.05, 4.69) is 17.2 Å². The maximum atomic E-state index is 10.9. The van der Waals surface area contributed by atoms with Crippen LogP contribution in [0.4, 0.5) is 11.4 Å². The van der Waals surface area contributed by atoms with Gasteiger partial charge in [-0.1, -0.05) is 44.7 Å². The summed E-state index contributed by atoms with van der Waals surface area (Å²) in [5.74, 6) is -2.98. The number of nitrogens with zero attached hydrogens (tertiary/aromatic N) is 2. The third-order valence-electron chi connectivity index (χ3n) is 5.13. The highest BCUT2D eigenvalue weighted by molar-refractivity contribution is 5.92. The lowest BCUT2D eigenvalue weighted by Crippen LogP contribution is -2.23. The smallest absolute Gasteiger partial charge is 0.317 e. The summed E-state index contributed by atoms with van der Waals surface area (Å²) in [5.41, 5.74) is 2.75. The minimum atomic E-state index is -1.30. The molecule has 0 heterocycles. The predicted molar refractivity (Wildman–Crippen MR) is 123 cm³/mol. The van der Waals surface area contributed by atoms with Crippen LogP contribution in [0, 0.1) is 5.92 Å². The first-order valence-electron chi connectivity index (χ1n) is 11.2. The van der Waals surface area contributed by atoms with Crippen LogP contribution in [0.15, 0.2) is 58.8 Å². The first kappa shape index (κ1) is 25.0. The minimum absolute atomic E-state index is 0.180. The van der Waals surface area contributed by atoms with E-state index in [4.69, 9.17) is 14.9 Å². The SMILES string of the molecule is CCCCOc1ccc(N=Nc2ccc(CCCCCCC(C(=O)O)C(=O)O)cc2)cc1. The van der Waals surface area contributed by atoms with Crippen molar-refractivity contribution in [1.29, 1.82) is 0 Å². The Hall–Kier alpha value is -3.22. The number of aryl methyl sites for hydroxylation is 1. The zero-order valence-corrected chi connectivity index (χ0v) is 18.6. The average Bonchev–Trinajstić information content (AvgIpc) is 2.78.